The molecule has 3 N–H and O–H groups in total. The second-order valence-corrected chi connectivity index (χ2v) is 4.18. The number of hydrogen-bond acceptors (Lipinski definition) is 5. The first-order chi connectivity index (χ1) is 9.78. The first-order valence-corrected chi connectivity index (χ1v) is 6.27. The fraction of sp³-hybridized carbons (Fsp3) is 0.308. The molecule has 2 aromatic rings. The molecule has 0 atom stereocenters. The van der Waals surface area contributed by atoms with Gasteiger partial charge in [0.25, 0.3) is 0 Å². The van der Waals surface area contributed by atoms with E-state index in [2.05, 4.69) is 15.4 Å². The van der Waals surface area contributed by atoms with Crippen LogP contribution >= 0.6 is 0 Å². The number of carbonyl (C=O) groups is 1. The number of hydrogen-bond donors (Lipinski definition) is 2. The number of nitrogens with zero attached hydrogens (tertiary/aromatic N) is 3. The Morgan fingerprint density at radius 3 is 3.10 bits per heavy atom. The summed E-state index contributed by atoms with van der Waals surface area (Å²) in [5, 5.41) is 6.81. The highest BCUT2D eigenvalue weighted by molar-refractivity contribution is 5.91. The molecule has 0 radical (unpaired) electrons. The van der Waals surface area contributed by atoms with Crippen LogP contribution in [0, 0.1) is 0 Å². The maximum atomic E-state index is 11.6. The minimum Gasteiger partial charge on any atom is -0.370 e. The van der Waals surface area contributed by atoms with E-state index in [0.29, 0.717) is 19.7 Å². The molecule has 0 unspecified atom stereocenters. The second kappa shape index (κ2) is 7.37. The molecule has 20 heavy (non-hydrogen) atoms. The van der Waals surface area contributed by atoms with Crippen molar-refractivity contribution >= 4 is 11.6 Å². The van der Waals surface area contributed by atoms with Crippen molar-refractivity contribution in [1.82, 2.24) is 14.8 Å². The van der Waals surface area contributed by atoms with E-state index in [1.54, 1.807) is 11.0 Å². The molecule has 0 aliphatic carbocycles. The summed E-state index contributed by atoms with van der Waals surface area (Å²) in [7, 11) is 0. The molecular formula is C13H17N5O2. The zero-order chi connectivity index (χ0) is 14.2. The van der Waals surface area contributed by atoms with Gasteiger partial charge in [-0.2, -0.15) is 5.10 Å². The summed E-state index contributed by atoms with van der Waals surface area (Å²) in [6.45, 7) is 1.39. The SMILES string of the molecule is NCCOCC(=O)Nc1cccc(Cn2cncn2)c1. The lowest BCUT2D eigenvalue weighted by Gasteiger charge is -2.08. The average Bonchev–Trinajstić information content (AvgIpc) is 2.92. The predicted octanol–water partition coefficient (Wildman–Crippen LogP) is 0.240. The quantitative estimate of drug-likeness (QED) is 0.706. The van der Waals surface area contributed by atoms with Crippen molar-refractivity contribution in [3.63, 3.8) is 0 Å². The van der Waals surface area contributed by atoms with Gasteiger partial charge in [0.15, 0.2) is 0 Å². The van der Waals surface area contributed by atoms with Gasteiger partial charge in [-0.05, 0) is 17.7 Å². The Morgan fingerprint density at radius 1 is 1.45 bits per heavy atom. The molecule has 1 aromatic carbocycles. The Balaban J connectivity index is 1.90. The molecule has 0 spiro atoms. The number of benzene rings is 1. The van der Waals surface area contributed by atoms with E-state index in [1.165, 1.54) is 6.33 Å². The molecule has 0 aliphatic heterocycles. The molecular weight excluding hydrogens is 258 g/mol. The van der Waals surface area contributed by atoms with Crippen molar-refractivity contribution in [2.45, 2.75) is 6.54 Å². The summed E-state index contributed by atoms with van der Waals surface area (Å²) in [5.41, 5.74) is 7.03. The van der Waals surface area contributed by atoms with Crippen LogP contribution in [0.2, 0.25) is 0 Å². The fourth-order valence-electron chi connectivity index (χ4n) is 1.69. The third-order valence-electron chi connectivity index (χ3n) is 2.52. The third-order valence-corrected chi connectivity index (χ3v) is 2.52. The molecule has 7 heteroatoms. The van der Waals surface area contributed by atoms with Gasteiger partial charge in [0.05, 0.1) is 13.2 Å². The lowest BCUT2D eigenvalue weighted by atomic mass is 10.2. The van der Waals surface area contributed by atoms with Crippen LogP contribution in [-0.2, 0) is 16.1 Å². The van der Waals surface area contributed by atoms with Crippen LogP contribution in [0.25, 0.3) is 0 Å². The number of anilines is 1. The first kappa shape index (κ1) is 14.2. The van der Waals surface area contributed by atoms with Crippen LogP contribution in [0.5, 0.6) is 0 Å². The number of carbonyl (C=O) groups excluding carboxylic acids is 1. The van der Waals surface area contributed by atoms with Gasteiger partial charge < -0.3 is 15.8 Å². The number of rotatable bonds is 7. The highest BCUT2D eigenvalue weighted by atomic mass is 16.5. The van der Waals surface area contributed by atoms with Crippen molar-refractivity contribution in [2.24, 2.45) is 5.73 Å². The summed E-state index contributed by atoms with van der Waals surface area (Å²) in [4.78, 5) is 15.5. The van der Waals surface area contributed by atoms with Gasteiger partial charge in [-0.15, -0.1) is 0 Å². The Kier molecular flexibility index (Phi) is 5.22. The highest BCUT2D eigenvalue weighted by Crippen LogP contribution is 2.11. The molecule has 0 saturated carbocycles. The zero-order valence-electron chi connectivity index (χ0n) is 11.0. The number of ether oxygens (including phenoxy) is 1. The van der Waals surface area contributed by atoms with Gasteiger partial charge >= 0.3 is 0 Å². The number of nitrogens with one attached hydrogen (secondary N) is 1. The Hall–Kier alpha value is -2.25. The zero-order valence-corrected chi connectivity index (χ0v) is 11.0. The van der Waals surface area contributed by atoms with Crippen LogP contribution < -0.4 is 11.1 Å². The molecule has 1 heterocycles. The number of amides is 1. The van der Waals surface area contributed by atoms with Gasteiger partial charge in [-0.25, -0.2) is 9.67 Å². The second-order valence-electron chi connectivity index (χ2n) is 4.18. The topological polar surface area (TPSA) is 95.1 Å². The predicted molar refractivity (Wildman–Crippen MR) is 74.1 cm³/mol. The molecule has 1 aromatic heterocycles. The maximum Gasteiger partial charge on any atom is 0.250 e. The van der Waals surface area contributed by atoms with Crippen LogP contribution in [-0.4, -0.2) is 40.4 Å². The molecule has 1 amide bonds. The maximum absolute atomic E-state index is 11.6. The van der Waals surface area contributed by atoms with E-state index < -0.39 is 0 Å². The molecule has 0 bridgehead atoms. The van der Waals surface area contributed by atoms with Gasteiger partial charge in [-0.1, -0.05) is 12.1 Å². The summed E-state index contributed by atoms with van der Waals surface area (Å²) in [5.74, 6) is -0.198. The molecule has 0 saturated heterocycles. The molecule has 2 rings (SSSR count). The van der Waals surface area contributed by atoms with Gasteiger partial charge in [-0.3, -0.25) is 4.79 Å². The lowest BCUT2D eigenvalue weighted by molar-refractivity contribution is -0.120. The summed E-state index contributed by atoms with van der Waals surface area (Å²) in [6.07, 6.45) is 3.13. The Bertz CT molecular complexity index is 541. The third kappa shape index (κ3) is 4.45. The molecule has 0 aliphatic rings. The normalized spacial score (nSPS) is 10.4. The van der Waals surface area contributed by atoms with Crippen LogP contribution in [0.4, 0.5) is 5.69 Å². The van der Waals surface area contributed by atoms with E-state index in [9.17, 15) is 4.79 Å². The van der Waals surface area contributed by atoms with E-state index in [4.69, 9.17) is 10.5 Å². The van der Waals surface area contributed by atoms with Gasteiger partial charge in [0.2, 0.25) is 5.91 Å². The van der Waals surface area contributed by atoms with Crippen LogP contribution in [0.15, 0.2) is 36.9 Å². The monoisotopic (exact) mass is 275 g/mol. The lowest BCUT2D eigenvalue weighted by Crippen LogP contribution is -2.20. The van der Waals surface area contributed by atoms with Crippen molar-refractivity contribution in [3.8, 4) is 0 Å². The summed E-state index contributed by atoms with van der Waals surface area (Å²) < 4.78 is 6.79. The first-order valence-electron chi connectivity index (χ1n) is 6.27. The van der Waals surface area contributed by atoms with Crippen molar-refractivity contribution < 1.29 is 9.53 Å². The Morgan fingerprint density at radius 2 is 2.35 bits per heavy atom. The minimum absolute atomic E-state index is 0.00447. The van der Waals surface area contributed by atoms with Crippen molar-refractivity contribution in [1.29, 1.82) is 0 Å². The van der Waals surface area contributed by atoms with Gasteiger partial charge in [0.1, 0.15) is 19.3 Å². The number of aromatic nitrogens is 3. The van der Waals surface area contributed by atoms with Crippen molar-refractivity contribution in [3.05, 3.63) is 42.5 Å². The standard InChI is InChI=1S/C13H17N5O2/c14-4-5-20-8-13(19)17-12-3-1-2-11(6-12)7-18-10-15-9-16-18/h1-3,6,9-10H,4-5,7-8,14H2,(H,17,19). The smallest absolute Gasteiger partial charge is 0.250 e. The highest BCUT2D eigenvalue weighted by Gasteiger charge is 2.03. The Labute approximate surface area is 116 Å². The van der Waals surface area contributed by atoms with Crippen LogP contribution in [0.3, 0.4) is 0 Å². The fourth-order valence-corrected chi connectivity index (χ4v) is 1.69. The summed E-state index contributed by atoms with van der Waals surface area (Å²) in [6, 6.07) is 7.55. The molecule has 0 fully saturated rings. The summed E-state index contributed by atoms with van der Waals surface area (Å²) >= 11 is 0. The van der Waals surface area contributed by atoms with E-state index in [1.807, 2.05) is 24.3 Å². The molecule has 7 nitrogen and oxygen atoms in total. The van der Waals surface area contributed by atoms with Gasteiger partial charge in [0, 0.05) is 12.2 Å². The van der Waals surface area contributed by atoms with E-state index >= 15 is 0 Å². The molecule has 106 valence electrons. The number of nitrogens with two attached hydrogens (primary N) is 1. The van der Waals surface area contributed by atoms with Crippen molar-refractivity contribution in [2.75, 3.05) is 25.1 Å². The largest absolute Gasteiger partial charge is 0.370 e. The van der Waals surface area contributed by atoms with E-state index in [0.717, 1.165) is 11.3 Å². The average molecular weight is 275 g/mol. The minimum atomic E-state index is -0.198. The van der Waals surface area contributed by atoms with Crippen LogP contribution in [0.1, 0.15) is 5.56 Å². The van der Waals surface area contributed by atoms with E-state index in [-0.39, 0.29) is 12.5 Å².